The van der Waals surface area contributed by atoms with Gasteiger partial charge in [0, 0.05) is 24.2 Å². The van der Waals surface area contributed by atoms with Crippen molar-refractivity contribution >= 4 is 0 Å². The van der Waals surface area contributed by atoms with Crippen molar-refractivity contribution in [3.63, 3.8) is 0 Å². The van der Waals surface area contributed by atoms with Crippen LogP contribution in [0, 0.1) is 11.7 Å². The Labute approximate surface area is 115 Å². The molecule has 2 nitrogen and oxygen atoms in total. The molecule has 0 saturated heterocycles. The lowest BCUT2D eigenvalue weighted by Crippen LogP contribution is -2.34. The van der Waals surface area contributed by atoms with Crippen molar-refractivity contribution < 1.29 is 4.39 Å². The molecule has 2 rings (SSSR count). The van der Waals surface area contributed by atoms with Crippen LogP contribution in [0.5, 0.6) is 0 Å². The van der Waals surface area contributed by atoms with Gasteiger partial charge in [-0.05, 0) is 51.6 Å². The van der Waals surface area contributed by atoms with Gasteiger partial charge in [0.1, 0.15) is 5.82 Å². The van der Waals surface area contributed by atoms with Crippen LogP contribution in [0.1, 0.15) is 44.2 Å². The third kappa shape index (κ3) is 3.77. The van der Waals surface area contributed by atoms with Crippen molar-refractivity contribution in [2.45, 2.75) is 44.7 Å². The Balaban J connectivity index is 1.92. The van der Waals surface area contributed by atoms with Crippen LogP contribution in [0.4, 0.5) is 4.39 Å². The summed E-state index contributed by atoms with van der Waals surface area (Å²) in [7, 11) is 2.09. The molecule has 0 radical (unpaired) electrons. The topological polar surface area (TPSA) is 29.3 Å². The second-order valence-corrected chi connectivity index (χ2v) is 5.92. The van der Waals surface area contributed by atoms with E-state index in [2.05, 4.69) is 18.9 Å². The van der Waals surface area contributed by atoms with Crippen LogP contribution in [-0.4, -0.2) is 24.5 Å². The SMILES string of the molecule is CC(c1ccccc1F)N(C)CC1CCC(N)CC1. The van der Waals surface area contributed by atoms with Crippen LogP contribution in [0.15, 0.2) is 24.3 Å². The number of nitrogens with zero attached hydrogens (tertiary/aromatic N) is 1. The molecule has 0 spiro atoms. The molecule has 1 atom stereocenters. The zero-order valence-electron chi connectivity index (χ0n) is 12.0. The second-order valence-electron chi connectivity index (χ2n) is 5.92. The molecule has 0 heterocycles. The summed E-state index contributed by atoms with van der Waals surface area (Å²) in [5.74, 6) is 0.603. The van der Waals surface area contributed by atoms with E-state index in [0.717, 1.165) is 24.9 Å². The minimum Gasteiger partial charge on any atom is -0.328 e. The molecule has 0 bridgehead atoms. The molecular weight excluding hydrogens is 239 g/mol. The molecule has 1 aliphatic rings. The summed E-state index contributed by atoms with van der Waals surface area (Å²) in [6, 6.07) is 7.59. The lowest BCUT2D eigenvalue weighted by molar-refractivity contribution is 0.184. The van der Waals surface area contributed by atoms with E-state index in [0.29, 0.717) is 12.0 Å². The summed E-state index contributed by atoms with van der Waals surface area (Å²) in [4.78, 5) is 2.26. The van der Waals surface area contributed by atoms with Gasteiger partial charge < -0.3 is 5.73 Å². The standard InChI is InChI=1S/C16H25FN2/c1-12(15-5-3-4-6-16(15)17)19(2)11-13-7-9-14(18)10-8-13/h3-6,12-14H,7-11,18H2,1-2H3. The molecule has 2 N–H and O–H groups in total. The van der Waals surface area contributed by atoms with Crippen LogP contribution in [-0.2, 0) is 0 Å². The van der Waals surface area contributed by atoms with Gasteiger partial charge in [0.05, 0.1) is 0 Å². The van der Waals surface area contributed by atoms with Crippen LogP contribution in [0.3, 0.4) is 0 Å². The van der Waals surface area contributed by atoms with Gasteiger partial charge in [-0.15, -0.1) is 0 Å². The Bertz CT molecular complexity index is 399. The maximum atomic E-state index is 13.8. The van der Waals surface area contributed by atoms with Gasteiger partial charge in [0.15, 0.2) is 0 Å². The number of rotatable bonds is 4. The van der Waals surface area contributed by atoms with Gasteiger partial charge in [-0.2, -0.15) is 0 Å². The zero-order valence-corrected chi connectivity index (χ0v) is 12.0. The monoisotopic (exact) mass is 264 g/mol. The zero-order chi connectivity index (χ0) is 13.8. The highest BCUT2D eigenvalue weighted by Gasteiger charge is 2.22. The third-order valence-electron chi connectivity index (χ3n) is 4.45. The first kappa shape index (κ1) is 14.5. The van der Waals surface area contributed by atoms with Gasteiger partial charge in [0.25, 0.3) is 0 Å². The van der Waals surface area contributed by atoms with E-state index in [4.69, 9.17) is 5.73 Å². The predicted molar refractivity (Wildman–Crippen MR) is 77.4 cm³/mol. The Morgan fingerprint density at radius 2 is 1.89 bits per heavy atom. The largest absolute Gasteiger partial charge is 0.328 e. The fraction of sp³-hybridized carbons (Fsp3) is 0.625. The average Bonchev–Trinajstić information content (AvgIpc) is 2.41. The first-order valence-electron chi connectivity index (χ1n) is 7.28. The van der Waals surface area contributed by atoms with E-state index >= 15 is 0 Å². The van der Waals surface area contributed by atoms with Gasteiger partial charge >= 0.3 is 0 Å². The van der Waals surface area contributed by atoms with Crippen molar-refractivity contribution in [1.82, 2.24) is 4.90 Å². The summed E-state index contributed by atoms with van der Waals surface area (Å²) in [5, 5.41) is 0. The second kappa shape index (κ2) is 6.49. The fourth-order valence-electron chi connectivity index (χ4n) is 2.99. The van der Waals surface area contributed by atoms with Gasteiger partial charge in [-0.1, -0.05) is 18.2 Å². The van der Waals surface area contributed by atoms with Crippen LogP contribution >= 0.6 is 0 Å². The van der Waals surface area contributed by atoms with Gasteiger partial charge in [-0.25, -0.2) is 4.39 Å². The molecule has 1 unspecified atom stereocenters. The van der Waals surface area contributed by atoms with Crippen molar-refractivity contribution in [1.29, 1.82) is 0 Å². The van der Waals surface area contributed by atoms with Crippen molar-refractivity contribution in [3.8, 4) is 0 Å². The molecule has 1 aromatic carbocycles. The van der Waals surface area contributed by atoms with E-state index < -0.39 is 0 Å². The summed E-state index contributed by atoms with van der Waals surface area (Å²) in [6.45, 7) is 3.11. The van der Waals surface area contributed by atoms with Crippen molar-refractivity contribution in [2.24, 2.45) is 11.7 Å². The fourth-order valence-corrected chi connectivity index (χ4v) is 2.99. The minimum atomic E-state index is -0.104. The highest BCUT2D eigenvalue weighted by atomic mass is 19.1. The highest BCUT2D eigenvalue weighted by molar-refractivity contribution is 5.20. The molecule has 0 aliphatic heterocycles. The molecule has 1 aliphatic carbocycles. The van der Waals surface area contributed by atoms with Crippen LogP contribution in [0.25, 0.3) is 0 Å². The Hall–Kier alpha value is -0.930. The highest BCUT2D eigenvalue weighted by Crippen LogP contribution is 2.27. The molecule has 19 heavy (non-hydrogen) atoms. The van der Waals surface area contributed by atoms with Gasteiger partial charge in [0.2, 0.25) is 0 Å². The summed E-state index contributed by atoms with van der Waals surface area (Å²) in [5.41, 5.74) is 6.72. The average molecular weight is 264 g/mol. The molecule has 0 aromatic heterocycles. The lowest BCUT2D eigenvalue weighted by atomic mass is 9.86. The van der Waals surface area contributed by atoms with E-state index in [1.165, 1.54) is 12.8 Å². The summed E-state index contributed by atoms with van der Waals surface area (Å²) >= 11 is 0. The summed E-state index contributed by atoms with van der Waals surface area (Å²) < 4.78 is 13.8. The quantitative estimate of drug-likeness (QED) is 0.903. The molecule has 106 valence electrons. The molecule has 1 saturated carbocycles. The number of nitrogens with two attached hydrogens (primary N) is 1. The maximum Gasteiger partial charge on any atom is 0.127 e. The number of halogens is 1. The Kier molecular flexibility index (Phi) is 4.94. The number of hydrogen-bond acceptors (Lipinski definition) is 2. The molecule has 1 fully saturated rings. The van der Waals surface area contributed by atoms with Crippen molar-refractivity contribution in [3.05, 3.63) is 35.6 Å². The third-order valence-corrected chi connectivity index (χ3v) is 4.45. The molecule has 3 heteroatoms. The van der Waals surface area contributed by atoms with Crippen molar-refractivity contribution in [2.75, 3.05) is 13.6 Å². The maximum absolute atomic E-state index is 13.8. The normalized spacial score (nSPS) is 25.5. The molecule has 1 aromatic rings. The number of hydrogen-bond donors (Lipinski definition) is 1. The molecule has 0 amide bonds. The Morgan fingerprint density at radius 3 is 2.53 bits per heavy atom. The van der Waals surface area contributed by atoms with Crippen LogP contribution < -0.4 is 5.73 Å². The summed E-state index contributed by atoms with van der Waals surface area (Å²) in [6.07, 6.45) is 4.67. The number of benzene rings is 1. The van der Waals surface area contributed by atoms with E-state index in [1.54, 1.807) is 12.1 Å². The lowest BCUT2D eigenvalue weighted by Gasteiger charge is -2.32. The smallest absolute Gasteiger partial charge is 0.127 e. The van der Waals surface area contributed by atoms with E-state index in [1.807, 2.05) is 12.1 Å². The first-order valence-corrected chi connectivity index (χ1v) is 7.28. The van der Waals surface area contributed by atoms with Gasteiger partial charge in [-0.3, -0.25) is 4.90 Å². The Morgan fingerprint density at radius 1 is 1.26 bits per heavy atom. The van der Waals surface area contributed by atoms with E-state index in [-0.39, 0.29) is 11.9 Å². The predicted octanol–water partition coefficient (Wildman–Crippen LogP) is 3.34. The van der Waals surface area contributed by atoms with E-state index in [9.17, 15) is 4.39 Å². The van der Waals surface area contributed by atoms with Crippen LogP contribution in [0.2, 0.25) is 0 Å². The first-order chi connectivity index (χ1) is 9.08. The molecular formula is C16H25FN2. The minimum absolute atomic E-state index is 0.104.